The quantitative estimate of drug-likeness (QED) is 0.761. The lowest BCUT2D eigenvalue weighted by molar-refractivity contribution is 0.0600. The summed E-state index contributed by atoms with van der Waals surface area (Å²) in [5, 5.41) is 0. The van der Waals surface area contributed by atoms with Crippen LogP contribution in [0.1, 0.15) is 34.5 Å². The molecule has 2 aromatic carbocycles. The van der Waals surface area contributed by atoms with E-state index in [1.165, 1.54) is 7.11 Å². The molecular weight excluding hydrogens is 370 g/mol. The number of nitrogens with one attached hydrogen (secondary N) is 1. The van der Waals surface area contributed by atoms with Gasteiger partial charge >= 0.3 is 5.97 Å². The largest absolute Gasteiger partial charge is 0.486 e. The normalized spacial score (nSPS) is 14.4. The molecule has 0 radical (unpaired) electrons. The van der Waals surface area contributed by atoms with Crippen LogP contribution in [0.4, 0.5) is 0 Å². The molecule has 1 unspecified atom stereocenters. The molecule has 0 fully saturated rings. The molecule has 3 rings (SSSR count). The average Bonchev–Trinajstić information content (AvgIpc) is 2.66. The van der Waals surface area contributed by atoms with Crippen LogP contribution >= 0.6 is 0 Å². The lowest BCUT2D eigenvalue weighted by Crippen LogP contribution is -2.28. The van der Waals surface area contributed by atoms with Crippen LogP contribution in [0.15, 0.2) is 42.5 Å². The first-order valence-electron chi connectivity index (χ1n) is 8.45. The molecule has 1 N–H and O–H groups in total. The topological polar surface area (TPSA) is 90.9 Å². The number of esters is 1. The maximum atomic E-state index is 12.5. The maximum absolute atomic E-state index is 12.5. The number of methoxy groups -OCH3 is 1. The Bertz CT molecular complexity index is 924. The van der Waals surface area contributed by atoms with Crippen LogP contribution in [0.5, 0.6) is 11.5 Å². The van der Waals surface area contributed by atoms with E-state index in [1.807, 2.05) is 6.07 Å². The highest BCUT2D eigenvalue weighted by Gasteiger charge is 2.19. The van der Waals surface area contributed by atoms with Gasteiger partial charge in [-0.15, -0.1) is 0 Å². The Labute approximate surface area is 158 Å². The highest BCUT2D eigenvalue weighted by molar-refractivity contribution is 7.88. The predicted molar refractivity (Wildman–Crippen MR) is 99.4 cm³/mol. The van der Waals surface area contributed by atoms with Crippen LogP contribution in [-0.2, 0) is 20.5 Å². The predicted octanol–water partition coefficient (Wildman–Crippen LogP) is 2.43. The first-order chi connectivity index (χ1) is 12.9. The van der Waals surface area contributed by atoms with Crippen molar-refractivity contribution < 1.29 is 27.4 Å². The van der Waals surface area contributed by atoms with Gasteiger partial charge in [0.1, 0.15) is 13.2 Å². The number of fused-ring (bicyclic) bond motifs is 1. The third kappa shape index (κ3) is 4.78. The van der Waals surface area contributed by atoms with Gasteiger partial charge in [0.15, 0.2) is 11.5 Å². The van der Waals surface area contributed by atoms with E-state index in [0.29, 0.717) is 35.8 Å². The van der Waals surface area contributed by atoms with Gasteiger partial charge in [-0.25, -0.2) is 17.9 Å². The highest BCUT2D eigenvalue weighted by atomic mass is 32.2. The smallest absolute Gasteiger partial charge is 0.337 e. The van der Waals surface area contributed by atoms with Crippen LogP contribution in [0, 0.1) is 0 Å². The third-order valence-corrected chi connectivity index (χ3v) is 5.58. The zero-order valence-corrected chi connectivity index (χ0v) is 15.9. The molecule has 8 heteroatoms. The fourth-order valence-electron chi connectivity index (χ4n) is 2.78. The number of carbonyl (C=O) groups excluding carboxylic acids is 1. The van der Waals surface area contributed by atoms with Crippen molar-refractivity contribution in [2.24, 2.45) is 0 Å². The summed E-state index contributed by atoms with van der Waals surface area (Å²) in [6, 6.07) is 11.2. The van der Waals surface area contributed by atoms with E-state index in [2.05, 4.69) is 9.46 Å². The molecule has 0 saturated carbocycles. The van der Waals surface area contributed by atoms with Crippen LogP contribution in [0.25, 0.3) is 0 Å². The van der Waals surface area contributed by atoms with E-state index >= 15 is 0 Å². The molecule has 1 aliphatic heterocycles. The number of hydrogen-bond acceptors (Lipinski definition) is 6. The van der Waals surface area contributed by atoms with Crippen molar-refractivity contribution in [3.63, 3.8) is 0 Å². The van der Waals surface area contributed by atoms with Gasteiger partial charge in [-0.3, -0.25) is 0 Å². The van der Waals surface area contributed by atoms with Crippen molar-refractivity contribution in [1.82, 2.24) is 4.72 Å². The van der Waals surface area contributed by atoms with E-state index in [9.17, 15) is 13.2 Å². The van der Waals surface area contributed by atoms with Crippen molar-refractivity contribution in [3.8, 4) is 11.5 Å². The molecule has 0 amide bonds. The Morgan fingerprint density at radius 2 is 1.78 bits per heavy atom. The van der Waals surface area contributed by atoms with Crippen LogP contribution in [0.2, 0.25) is 0 Å². The minimum absolute atomic E-state index is 0.191. The minimum Gasteiger partial charge on any atom is -0.486 e. The van der Waals surface area contributed by atoms with Crippen molar-refractivity contribution in [2.75, 3.05) is 20.3 Å². The minimum atomic E-state index is -3.58. The van der Waals surface area contributed by atoms with E-state index in [4.69, 9.17) is 9.47 Å². The summed E-state index contributed by atoms with van der Waals surface area (Å²) in [4.78, 5) is 11.4. The zero-order chi connectivity index (χ0) is 19.4. The Hall–Kier alpha value is -2.58. The van der Waals surface area contributed by atoms with Crippen LogP contribution in [-0.4, -0.2) is 34.7 Å². The lowest BCUT2D eigenvalue weighted by atomic mass is 10.1. The summed E-state index contributed by atoms with van der Waals surface area (Å²) >= 11 is 0. The number of carbonyl (C=O) groups is 1. The van der Waals surface area contributed by atoms with Crippen molar-refractivity contribution in [1.29, 1.82) is 0 Å². The Morgan fingerprint density at radius 3 is 2.44 bits per heavy atom. The second kappa shape index (κ2) is 7.98. The fraction of sp³-hybridized carbons (Fsp3) is 0.316. The zero-order valence-electron chi connectivity index (χ0n) is 15.1. The van der Waals surface area contributed by atoms with Gasteiger partial charge in [0.25, 0.3) is 0 Å². The van der Waals surface area contributed by atoms with Crippen LogP contribution in [0.3, 0.4) is 0 Å². The summed E-state index contributed by atoms with van der Waals surface area (Å²) in [7, 11) is -2.28. The molecule has 2 aromatic rings. The molecule has 27 heavy (non-hydrogen) atoms. The Morgan fingerprint density at radius 1 is 1.11 bits per heavy atom. The van der Waals surface area contributed by atoms with Gasteiger partial charge in [-0.2, -0.15) is 0 Å². The van der Waals surface area contributed by atoms with Gasteiger partial charge in [0.05, 0.1) is 18.4 Å². The molecule has 0 aliphatic carbocycles. The van der Waals surface area contributed by atoms with Gasteiger partial charge in [0.2, 0.25) is 10.0 Å². The van der Waals surface area contributed by atoms with Crippen LogP contribution < -0.4 is 14.2 Å². The first kappa shape index (κ1) is 19.2. The summed E-state index contributed by atoms with van der Waals surface area (Å²) < 4.78 is 43.3. The van der Waals surface area contributed by atoms with E-state index < -0.39 is 22.0 Å². The number of benzene rings is 2. The summed E-state index contributed by atoms with van der Waals surface area (Å²) in [6.07, 6.45) is 0. The molecule has 1 heterocycles. The molecule has 0 aromatic heterocycles. The second-order valence-electron chi connectivity index (χ2n) is 6.19. The van der Waals surface area contributed by atoms with Gasteiger partial charge in [-0.05, 0) is 42.3 Å². The fourth-order valence-corrected chi connectivity index (χ4v) is 4.17. The van der Waals surface area contributed by atoms with Crippen molar-refractivity contribution >= 4 is 16.0 Å². The number of hydrogen-bond donors (Lipinski definition) is 1. The summed E-state index contributed by atoms with van der Waals surface area (Å²) in [5.74, 6) is 0.618. The average molecular weight is 391 g/mol. The number of ether oxygens (including phenoxy) is 3. The van der Waals surface area contributed by atoms with E-state index in [1.54, 1.807) is 43.3 Å². The van der Waals surface area contributed by atoms with Crippen molar-refractivity contribution in [3.05, 3.63) is 59.2 Å². The lowest BCUT2D eigenvalue weighted by Gasteiger charge is -2.21. The second-order valence-corrected chi connectivity index (χ2v) is 7.94. The van der Waals surface area contributed by atoms with E-state index in [0.717, 1.165) is 5.56 Å². The number of rotatable bonds is 6. The monoisotopic (exact) mass is 391 g/mol. The molecule has 0 saturated heterocycles. The first-order valence-corrected chi connectivity index (χ1v) is 10.1. The summed E-state index contributed by atoms with van der Waals surface area (Å²) in [6.45, 7) is 2.74. The SMILES string of the molecule is COC(=O)c1ccc(CS(=O)(=O)NC(C)c2ccc3c(c2)OCCO3)cc1. The van der Waals surface area contributed by atoms with Crippen molar-refractivity contribution in [2.45, 2.75) is 18.7 Å². The van der Waals surface area contributed by atoms with E-state index in [-0.39, 0.29) is 5.75 Å². The van der Waals surface area contributed by atoms with Gasteiger partial charge in [0, 0.05) is 6.04 Å². The Balaban J connectivity index is 1.67. The molecular formula is C19H21NO6S. The number of sulfonamides is 1. The Kier molecular flexibility index (Phi) is 5.67. The highest BCUT2D eigenvalue weighted by Crippen LogP contribution is 2.32. The standard InChI is InChI=1S/C19H21NO6S/c1-13(16-7-8-17-18(11-16)26-10-9-25-17)20-27(22,23)12-14-3-5-15(6-4-14)19(21)24-2/h3-8,11,13,20H,9-10,12H2,1-2H3. The molecule has 7 nitrogen and oxygen atoms in total. The third-order valence-electron chi connectivity index (χ3n) is 4.15. The maximum Gasteiger partial charge on any atom is 0.337 e. The molecule has 0 bridgehead atoms. The molecule has 1 atom stereocenters. The molecule has 0 spiro atoms. The molecule has 144 valence electrons. The summed E-state index contributed by atoms with van der Waals surface area (Å²) in [5.41, 5.74) is 1.73. The van der Waals surface area contributed by atoms with Gasteiger partial charge < -0.3 is 14.2 Å². The van der Waals surface area contributed by atoms with Gasteiger partial charge in [-0.1, -0.05) is 18.2 Å². The molecule has 1 aliphatic rings.